The molecule has 2 heterocycles. The Bertz CT molecular complexity index is 1140. The van der Waals surface area contributed by atoms with Crippen molar-refractivity contribution in [1.82, 2.24) is 25.1 Å². The fraction of sp³-hybridized carbons (Fsp3) is 0.182. The number of fused-ring (bicyclic) bond motifs is 1. The lowest BCUT2D eigenvalue weighted by Gasteiger charge is -2.10. The Hall–Kier alpha value is -3.78. The number of anilines is 2. The molecule has 8 heteroatoms. The summed E-state index contributed by atoms with van der Waals surface area (Å²) in [7, 11) is 1.59. The first kappa shape index (κ1) is 19.5. The second kappa shape index (κ2) is 9.15. The molecule has 0 aliphatic rings. The highest BCUT2D eigenvalue weighted by Gasteiger charge is 2.11. The van der Waals surface area contributed by atoms with E-state index in [-0.39, 0.29) is 12.5 Å². The number of para-hydroxylation sites is 1. The molecule has 0 radical (unpaired) electrons. The van der Waals surface area contributed by atoms with E-state index in [0.717, 1.165) is 22.2 Å². The van der Waals surface area contributed by atoms with Gasteiger partial charge in [0.1, 0.15) is 12.4 Å². The van der Waals surface area contributed by atoms with Crippen LogP contribution in [-0.4, -0.2) is 45.9 Å². The molecule has 1 amide bonds. The zero-order valence-corrected chi connectivity index (χ0v) is 16.6. The van der Waals surface area contributed by atoms with E-state index in [9.17, 15) is 4.79 Å². The molecule has 0 spiro atoms. The third-order valence-electron chi connectivity index (χ3n) is 4.47. The summed E-state index contributed by atoms with van der Waals surface area (Å²) in [4.78, 5) is 21.4. The average molecular weight is 402 g/mol. The van der Waals surface area contributed by atoms with Gasteiger partial charge in [0.15, 0.2) is 5.82 Å². The van der Waals surface area contributed by atoms with Crippen LogP contribution < -0.4 is 10.6 Å². The number of methoxy groups -OCH3 is 1. The molecule has 2 aromatic heterocycles. The highest BCUT2D eigenvalue weighted by atomic mass is 16.5. The topological polar surface area (TPSA) is 94.0 Å². The van der Waals surface area contributed by atoms with Gasteiger partial charge in [-0.15, -0.1) is 0 Å². The molecule has 152 valence electrons. The molecule has 2 N–H and O–H groups in total. The highest BCUT2D eigenvalue weighted by molar-refractivity contribution is 5.92. The van der Waals surface area contributed by atoms with Crippen LogP contribution in [0.1, 0.15) is 0 Å². The van der Waals surface area contributed by atoms with Crippen LogP contribution in [0, 0.1) is 0 Å². The molecule has 0 saturated carbocycles. The molecule has 0 unspecified atom stereocenters. The summed E-state index contributed by atoms with van der Waals surface area (Å²) < 4.78 is 6.51. The molecular formula is C22H22N6O2. The lowest BCUT2D eigenvalue weighted by Crippen LogP contribution is -2.30. The maximum atomic E-state index is 12.0. The van der Waals surface area contributed by atoms with Gasteiger partial charge in [-0.25, -0.2) is 9.97 Å². The van der Waals surface area contributed by atoms with Gasteiger partial charge < -0.3 is 15.4 Å². The van der Waals surface area contributed by atoms with Crippen LogP contribution in [0.3, 0.4) is 0 Å². The number of rotatable bonds is 8. The molecule has 0 aliphatic carbocycles. The fourth-order valence-electron chi connectivity index (χ4n) is 3.04. The number of nitrogens with zero attached hydrogens (tertiary/aromatic N) is 4. The van der Waals surface area contributed by atoms with E-state index in [1.807, 2.05) is 54.6 Å². The fourth-order valence-corrected chi connectivity index (χ4v) is 3.04. The number of carbonyl (C=O) groups is 1. The van der Waals surface area contributed by atoms with E-state index in [2.05, 4.69) is 15.7 Å². The Balaban J connectivity index is 1.57. The highest BCUT2D eigenvalue weighted by Crippen LogP contribution is 2.27. The quantitative estimate of drug-likeness (QED) is 0.440. The SMILES string of the molecule is COCCNC(=O)Cn1cc(Nc2nc(-c3ccccc3)nc3ccccc23)cn1. The van der Waals surface area contributed by atoms with Gasteiger partial charge in [0.2, 0.25) is 5.91 Å². The average Bonchev–Trinajstić information content (AvgIpc) is 3.21. The number of nitrogens with one attached hydrogen (secondary N) is 2. The van der Waals surface area contributed by atoms with Crippen molar-refractivity contribution >= 4 is 28.3 Å². The zero-order chi connectivity index (χ0) is 20.8. The van der Waals surface area contributed by atoms with Crippen molar-refractivity contribution in [2.24, 2.45) is 0 Å². The minimum Gasteiger partial charge on any atom is -0.383 e. The molecule has 4 rings (SSSR count). The predicted octanol–water partition coefficient (Wildman–Crippen LogP) is 3.00. The molecule has 0 atom stereocenters. The van der Waals surface area contributed by atoms with E-state index in [1.54, 1.807) is 24.2 Å². The van der Waals surface area contributed by atoms with Crippen LogP contribution >= 0.6 is 0 Å². The molecule has 4 aromatic rings. The number of benzene rings is 2. The smallest absolute Gasteiger partial charge is 0.241 e. The van der Waals surface area contributed by atoms with Gasteiger partial charge in [-0.05, 0) is 12.1 Å². The molecule has 30 heavy (non-hydrogen) atoms. The van der Waals surface area contributed by atoms with Crippen molar-refractivity contribution in [2.45, 2.75) is 6.54 Å². The molecule has 0 aliphatic heterocycles. The largest absolute Gasteiger partial charge is 0.383 e. The van der Waals surface area contributed by atoms with Crippen LogP contribution in [0.5, 0.6) is 0 Å². The van der Waals surface area contributed by atoms with Crippen LogP contribution in [0.2, 0.25) is 0 Å². The van der Waals surface area contributed by atoms with Crippen molar-refractivity contribution in [2.75, 3.05) is 25.6 Å². The lowest BCUT2D eigenvalue weighted by molar-refractivity contribution is -0.122. The van der Waals surface area contributed by atoms with Gasteiger partial charge in [0, 0.05) is 30.8 Å². The van der Waals surface area contributed by atoms with Crippen molar-refractivity contribution in [1.29, 1.82) is 0 Å². The van der Waals surface area contributed by atoms with E-state index in [4.69, 9.17) is 14.7 Å². The zero-order valence-electron chi connectivity index (χ0n) is 16.6. The summed E-state index contributed by atoms with van der Waals surface area (Å²) in [6, 6.07) is 17.7. The van der Waals surface area contributed by atoms with Gasteiger partial charge in [0.05, 0.1) is 24.0 Å². The van der Waals surface area contributed by atoms with Gasteiger partial charge >= 0.3 is 0 Å². The first-order chi connectivity index (χ1) is 14.7. The summed E-state index contributed by atoms with van der Waals surface area (Å²) in [6.07, 6.45) is 3.44. The summed E-state index contributed by atoms with van der Waals surface area (Å²) in [5, 5.41) is 11.3. The summed E-state index contributed by atoms with van der Waals surface area (Å²) in [5.74, 6) is 1.20. The van der Waals surface area contributed by atoms with Gasteiger partial charge in [-0.3, -0.25) is 9.48 Å². The minimum absolute atomic E-state index is 0.124. The molecule has 0 bridgehead atoms. The van der Waals surface area contributed by atoms with Gasteiger partial charge in [-0.1, -0.05) is 42.5 Å². The first-order valence-corrected chi connectivity index (χ1v) is 9.60. The maximum Gasteiger partial charge on any atom is 0.241 e. The Morgan fingerprint density at radius 3 is 2.70 bits per heavy atom. The van der Waals surface area contributed by atoms with Crippen molar-refractivity contribution in [3.8, 4) is 11.4 Å². The van der Waals surface area contributed by atoms with Crippen LogP contribution in [0.4, 0.5) is 11.5 Å². The molecule has 8 nitrogen and oxygen atoms in total. The predicted molar refractivity (Wildman–Crippen MR) is 115 cm³/mol. The molecule has 2 aromatic carbocycles. The normalized spacial score (nSPS) is 10.8. The van der Waals surface area contributed by atoms with E-state index in [0.29, 0.717) is 24.8 Å². The summed E-state index contributed by atoms with van der Waals surface area (Å²) in [6.45, 7) is 1.07. The number of carbonyl (C=O) groups excluding carboxylic acids is 1. The number of aromatic nitrogens is 4. The third-order valence-corrected chi connectivity index (χ3v) is 4.47. The minimum atomic E-state index is -0.124. The van der Waals surface area contributed by atoms with Crippen LogP contribution in [0.25, 0.3) is 22.3 Å². The van der Waals surface area contributed by atoms with Crippen molar-refractivity contribution in [3.63, 3.8) is 0 Å². The number of amides is 1. The standard InChI is InChI=1S/C22H22N6O2/c1-30-12-11-23-20(29)15-28-14-17(13-24-28)25-22-18-9-5-6-10-19(18)26-21(27-22)16-7-3-2-4-8-16/h2-10,13-14H,11-12,15H2,1H3,(H,23,29)(H,25,26,27). The Kier molecular flexibility index (Phi) is 5.95. The number of ether oxygens (including phenoxy) is 1. The first-order valence-electron chi connectivity index (χ1n) is 9.60. The molecular weight excluding hydrogens is 380 g/mol. The Morgan fingerprint density at radius 1 is 1.07 bits per heavy atom. The molecule has 0 saturated heterocycles. The Labute approximate surface area is 173 Å². The van der Waals surface area contributed by atoms with Crippen LogP contribution in [0.15, 0.2) is 67.0 Å². The van der Waals surface area contributed by atoms with Crippen molar-refractivity contribution < 1.29 is 9.53 Å². The second-order valence-electron chi connectivity index (χ2n) is 6.67. The second-order valence-corrected chi connectivity index (χ2v) is 6.67. The van der Waals surface area contributed by atoms with E-state index >= 15 is 0 Å². The Morgan fingerprint density at radius 2 is 1.87 bits per heavy atom. The monoisotopic (exact) mass is 402 g/mol. The summed E-state index contributed by atoms with van der Waals surface area (Å²) in [5.41, 5.74) is 2.52. The third kappa shape index (κ3) is 4.61. The van der Waals surface area contributed by atoms with Gasteiger partial charge in [0.25, 0.3) is 0 Å². The number of hydrogen-bond donors (Lipinski definition) is 2. The van der Waals surface area contributed by atoms with Crippen molar-refractivity contribution in [3.05, 3.63) is 67.0 Å². The van der Waals surface area contributed by atoms with Gasteiger partial charge in [-0.2, -0.15) is 5.10 Å². The summed E-state index contributed by atoms with van der Waals surface area (Å²) >= 11 is 0. The van der Waals surface area contributed by atoms with E-state index < -0.39 is 0 Å². The van der Waals surface area contributed by atoms with E-state index in [1.165, 1.54) is 0 Å². The molecule has 0 fully saturated rings. The maximum absolute atomic E-state index is 12.0. The van der Waals surface area contributed by atoms with Crippen LogP contribution in [-0.2, 0) is 16.1 Å². The lowest BCUT2D eigenvalue weighted by atomic mass is 10.2. The number of hydrogen-bond acceptors (Lipinski definition) is 6.